The van der Waals surface area contributed by atoms with Gasteiger partial charge in [-0.05, 0) is 30.7 Å². The Morgan fingerprint density at radius 2 is 1.96 bits per heavy atom. The molecular weight excluding hydrogens is 306 g/mol. The number of rotatable bonds is 4. The van der Waals surface area contributed by atoms with Gasteiger partial charge in [-0.1, -0.05) is 47.7 Å². The van der Waals surface area contributed by atoms with Gasteiger partial charge in [0.1, 0.15) is 0 Å². The predicted molar refractivity (Wildman–Crippen MR) is 91.1 cm³/mol. The number of nitrogens with two attached hydrogens (primary N) is 1. The summed E-state index contributed by atoms with van der Waals surface area (Å²) in [7, 11) is 0. The van der Waals surface area contributed by atoms with E-state index in [1.807, 2.05) is 43.3 Å². The molecule has 0 aliphatic heterocycles. The van der Waals surface area contributed by atoms with Gasteiger partial charge in [-0.2, -0.15) is 5.26 Å². The van der Waals surface area contributed by atoms with Gasteiger partial charge in [0.15, 0.2) is 5.82 Å². The molecule has 0 amide bonds. The summed E-state index contributed by atoms with van der Waals surface area (Å²) in [6.45, 7) is 2.03. The molecule has 1 heterocycles. The van der Waals surface area contributed by atoms with Crippen LogP contribution < -0.4 is 5.84 Å². The van der Waals surface area contributed by atoms with Gasteiger partial charge in [0.25, 0.3) is 0 Å². The molecule has 23 heavy (non-hydrogen) atoms. The minimum atomic E-state index is 0.649. The van der Waals surface area contributed by atoms with Crippen molar-refractivity contribution >= 4 is 11.8 Å². The van der Waals surface area contributed by atoms with Crippen molar-refractivity contribution in [2.24, 2.45) is 0 Å². The third-order valence-corrected chi connectivity index (χ3v) is 4.41. The van der Waals surface area contributed by atoms with Gasteiger partial charge in [0.2, 0.25) is 5.16 Å². The molecule has 0 bridgehead atoms. The highest BCUT2D eigenvalue weighted by Gasteiger charge is 2.12. The maximum absolute atomic E-state index is 8.81. The monoisotopic (exact) mass is 321 g/mol. The second kappa shape index (κ2) is 6.55. The van der Waals surface area contributed by atoms with E-state index in [1.54, 1.807) is 12.1 Å². The van der Waals surface area contributed by atoms with Crippen molar-refractivity contribution < 1.29 is 0 Å². The summed E-state index contributed by atoms with van der Waals surface area (Å²) in [5, 5.41) is 17.8. The lowest BCUT2D eigenvalue weighted by molar-refractivity contribution is 0.849. The zero-order valence-electron chi connectivity index (χ0n) is 12.6. The van der Waals surface area contributed by atoms with Crippen molar-refractivity contribution in [2.75, 3.05) is 5.84 Å². The van der Waals surface area contributed by atoms with E-state index >= 15 is 0 Å². The fourth-order valence-corrected chi connectivity index (χ4v) is 2.99. The number of nitrogens with zero attached hydrogens (tertiary/aromatic N) is 4. The lowest BCUT2D eigenvalue weighted by atomic mass is 10.1. The van der Waals surface area contributed by atoms with Crippen molar-refractivity contribution in [2.45, 2.75) is 17.8 Å². The van der Waals surface area contributed by atoms with Crippen LogP contribution in [0.25, 0.3) is 11.4 Å². The van der Waals surface area contributed by atoms with E-state index in [9.17, 15) is 0 Å². The lowest BCUT2D eigenvalue weighted by Gasteiger charge is -2.04. The molecule has 0 saturated carbocycles. The van der Waals surface area contributed by atoms with Gasteiger partial charge in [0, 0.05) is 11.3 Å². The second-order valence-electron chi connectivity index (χ2n) is 5.14. The quantitative estimate of drug-likeness (QED) is 0.590. The number of nitrogen functional groups attached to an aromatic ring is 1. The number of nitriles is 1. The molecule has 0 spiro atoms. The number of aromatic nitrogens is 3. The molecule has 2 aromatic carbocycles. The molecule has 1 aromatic heterocycles. The highest BCUT2D eigenvalue weighted by molar-refractivity contribution is 7.98. The van der Waals surface area contributed by atoms with E-state index in [0.717, 1.165) is 22.4 Å². The van der Waals surface area contributed by atoms with Crippen LogP contribution in [-0.4, -0.2) is 14.9 Å². The molecule has 0 saturated heterocycles. The number of thioether (sulfide) groups is 1. The Bertz CT molecular complexity index is 861. The zero-order chi connectivity index (χ0) is 16.2. The van der Waals surface area contributed by atoms with Crippen LogP contribution in [0, 0.1) is 18.3 Å². The number of benzene rings is 2. The number of aryl methyl sites for hydroxylation is 1. The Kier molecular flexibility index (Phi) is 4.31. The van der Waals surface area contributed by atoms with Crippen LogP contribution in [0.2, 0.25) is 0 Å². The van der Waals surface area contributed by atoms with Crippen LogP contribution in [0.15, 0.2) is 53.7 Å². The largest absolute Gasteiger partial charge is 0.335 e. The zero-order valence-corrected chi connectivity index (χ0v) is 13.4. The molecule has 0 atom stereocenters. The molecule has 2 N–H and O–H groups in total. The molecule has 0 unspecified atom stereocenters. The van der Waals surface area contributed by atoms with Crippen molar-refractivity contribution in [3.05, 3.63) is 65.2 Å². The van der Waals surface area contributed by atoms with Crippen LogP contribution in [0.3, 0.4) is 0 Å². The fourth-order valence-electron chi connectivity index (χ4n) is 2.18. The lowest BCUT2D eigenvalue weighted by Crippen LogP contribution is -2.11. The van der Waals surface area contributed by atoms with Crippen LogP contribution in [-0.2, 0) is 5.75 Å². The minimum Gasteiger partial charge on any atom is -0.335 e. The Balaban J connectivity index is 1.75. The second-order valence-corrected chi connectivity index (χ2v) is 6.09. The highest BCUT2D eigenvalue weighted by Crippen LogP contribution is 2.24. The van der Waals surface area contributed by atoms with E-state index in [4.69, 9.17) is 11.1 Å². The Hall–Kier alpha value is -2.78. The first-order valence-corrected chi connectivity index (χ1v) is 8.05. The normalized spacial score (nSPS) is 10.4. The molecular formula is C17H15N5S. The maximum atomic E-state index is 8.81. The van der Waals surface area contributed by atoms with Gasteiger partial charge in [0.05, 0.1) is 11.6 Å². The van der Waals surface area contributed by atoms with E-state index in [0.29, 0.717) is 16.5 Å². The van der Waals surface area contributed by atoms with Gasteiger partial charge in [-0.3, -0.25) is 0 Å². The van der Waals surface area contributed by atoms with Gasteiger partial charge in [-0.15, -0.1) is 10.2 Å². The molecule has 114 valence electrons. The van der Waals surface area contributed by atoms with Crippen LogP contribution >= 0.6 is 11.8 Å². The van der Waals surface area contributed by atoms with Gasteiger partial charge in [-0.25, -0.2) is 4.68 Å². The molecule has 0 radical (unpaired) electrons. The van der Waals surface area contributed by atoms with Crippen molar-refractivity contribution in [1.29, 1.82) is 5.26 Å². The number of hydrogen-bond donors (Lipinski definition) is 1. The van der Waals surface area contributed by atoms with Crippen molar-refractivity contribution in [3.8, 4) is 17.5 Å². The van der Waals surface area contributed by atoms with E-state index < -0.39 is 0 Å². The molecule has 6 heteroatoms. The van der Waals surface area contributed by atoms with Gasteiger partial charge < -0.3 is 5.84 Å². The molecule has 0 aliphatic rings. The maximum Gasteiger partial charge on any atom is 0.210 e. The van der Waals surface area contributed by atoms with Crippen molar-refractivity contribution in [3.63, 3.8) is 0 Å². The molecule has 3 rings (SSSR count). The molecule has 5 nitrogen and oxygen atoms in total. The predicted octanol–water partition coefficient (Wildman–Crippen LogP) is 3.13. The topological polar surface area (TPSA) is 80.5 Å². The summed E-state index contributed by atoms with van der Waals surface area (Å²) >= 11 is 1.51. The Morgan fingerprint density at radius 1 is 1.17 bits per heavy atom. The van der Waals surface area contributed by atoms with Crippen molar-refractivity contribution in [1.82, 2.24) is 14.9 Å². The summed E-state index contributed by atoms with van der Waals surface area (Å²) in [5.41, 5.74) is 3.86. The summed E-state index contributed by atoms with van der Waals surface area (Å²) in [6.07, 6.45) is 0. The third-order valence-electron chi connectivity index (χ3n) is 3.39. The molecule has 0 fully saturated rings. The average molecular weight is 321 g/mol. The minimum absolute atomic E-state index is 0.649. The standard InChI is InChI=1S/C17H15N5S/c1-12-3-2-4-15(9-12)16-20-21-17(22(16)19)23-11-14-7-5-13(10-18)6-8-14/h2-9H,11,19H2,1H3. The Labute approximate surface area is 138 Å². The van der Waals surface area contributed by atoms with Crippen LogP contribution in [0.5, 0.6) is 0 Å². The number of hydrogen-bond acceptors (Lipinski definition) is 5. The fraction of sp³-hybridized carbons (Fsp3) is 0.118. The SMILES string of the molecule is Cc1cccc(-c2nnc(SCc3ccc(C#N)cc3)n2N)c1. The van der Waals surface area contributed by atoms with Crippen LogP contribution in [0.4, 0.5) is 0 Å². The first-order chi connectivity index (χ1) is 11.2. The van der Waals surface area contributed by atoms with Crippen LogP contribution in [0.1, 0.15) is 16.7 Å². The summed E-state index contributed by atoms with van der Waals surface area (Å²) in [6, 6.07) is 17.6. The summed E-state index contributed by atoms with van der Waals surface area (Å²) in [5.74, 6) is 7.49. The summed E-state index contributed by atoms with van der Waals surface area (Å²) < 4.78 is 1.52. The Morgan fingerprint density at radius 3 is 2.65 bits per heavy atom. The smallest absolute Gasteiger partial charge is 0.210 e. The van der Waals surface area contributed by atoms with E-state index in [-0.39, 0.29) is 0 Å². The molecule has 3 aromatic rings. The average Bonchev–Trinajstić information content (AvgIpc) is 2.94. The van der Waals surface area contributed by atoms with E-state index in [2.05, 4.69) is 16.3 Å². The summed E-state index contributed by atoms with van der Waals surface area (Å²) in [4.78, 5) is 0. The van der Waals surface area contributed by atoms with E-state index in [1.165, 1.54) is 16.4 Å². The first kappa shape index (κ1) is 15.1. The molecule has 0 aliphatic carbocycles. The highest BCUT2D eigenvalue weighted by atomic mass is 32.2. The van der Waals surface area contributed by atoms with Gasteiger partial charge >= 0.3 is 0 Å². The first-order valence-electron chi connectivity index (χ1n) is 7.07. The third kappa shape index (κ3) is 3.35.